The van der Waals surface area contributed by atoms with E-state index < -0.39 is 0 Å². The van der Waals surface area contributed by atoms with Crippen molar-refractivity contribution in [2.45, 2.75) is 19.4 Å². The number of rotatable bonds is 5. The number of hydrogen-bond donors (Lipinski definition) is 2. The van der Waals surface area contributed by atoms with Crippen molar-refractivity contribution in [2.24, 2.45) is 0 Å². The molecule has 0 aliphatic rings. The zero-order valence-corrected chi connectivity index (χ0v) is 10.7. The van der Waals surface area contributed by atoms with Crippen molar-refractivity contribution in [3.05, 3.63) is 36.2 Å². The van der Waals surface area contributed by atoms with E-state index >= 15 is 0 Å². The van der Waals surface area contributed by atoms with E-state index in [-0.39, 0.29) is 18.6 Å². The summed E-state index contributed by atoms with van der Waals surface area (Å²) in [6.07, 6.45) is 3.54. The summed E-state index contributed by atoms with van der Waals surface area (Å²) in [6, 6.07) is 7.17. The van der Waals surface area contributed by atoms with Crippen LogP contribution in [0.25, 0.3) is 17.2 Å². The molecule has 0 radical (unpaired) electrons. The molecule has 19 heavy (non-hydrogen) atoms. The summed E-state index contributed by atoms with van der Waals surface area (Å²) in [6.45, 7) is 1.82. The number of nitrogens with zero attached hydrogens (tertiary/aromatic N) is 1. The molecule has 0 saturated heterocycles. The topological polar surface area (TPSA) is 75.4 Å². The van der Waals surface area contributed by atoms with Crippen LogP contribution >= 0.6 is 0 Å². The highest BCUT2D eigenvalue weighted by Crippen LogP contribution is 2.15. The van der Waals surface area contributed by atoms with Crippen molar-refractivity contribution in [1.29, 1.82) is 0 Å². The highest BCUT2D eigenvalue weighted by molar-refractivity contribution is 5.91. The van der Waals surface area contributed by atoms with E-state index in [4.69, 9.17) is 9.52 Å². The Morgan fingerprint density at radius 2 is 2.32 bits per heavy atom. The van der Waals surface area contributed by atoms with Crippen LogP contribution in [0.15, 0.2) is 34.8 Å². The van der Waals surface area contributed by atoms with Gasteiger partial charge in [-0.05, 0) is 18.6 Å². The molecule has 2 aromatic rings. The summed E-state index contributed by atoms with van der Waals surface area (Å²) >= 11 is 0. The summed E-state index contributed by atoms with van der Waals surface area (Å²) in [4.78, 5) is 15.8. The maximum Gasteiger partial charge on any atom is 0.244 e. The van der Waals surface area contributed by atoms with Gasteiger partial charge in [0.05, 0.1) is 12.6 Å². The number of aliphatic hydroxyl groups excluding tert-OH is 1. The Morgan fingerprint density at radius 3 is 3.00 bits per heavy atom. The van der Waals surface area contributed by atoms with Gasteiger partial charge in [-0.25, -0.2) is 4.98 Å². The molecule has 1 aromatic heterocycles. The third-order valence-electron chi connectivity index (χ3n) is 2.75. The van der Waals surface area contributed by atoms with Gasteiger partial charge < -0.3 is 14.8 Å². The molecule has 1 amide bonds. The Kier molecular flexibility index (Phi) is 4.30. The zero-order valence-electron chi connectivity index (χ0n) is 10.7. The summed E-state index contributed by atoms with van der Waals surface area (Å²) < 4.78 is 5.45. The van der Waals surface area contributed by atoms with Crippen LogP contribution in [0.2, 0.25) is 0 Å². The van der Waals surface area contributed by atoms with Crippen molar-refractivity contribution < 1.29 is 14.3 Å². The molecule has 0 spiro atoms. The number of para-hydroxylation sites is 2. The van der Waals surface area contributed by atoms with E-state index in [1.165, 1.54) is 12.2 Å². The highest BCUT2D eigenvalue weighted by Gasteiger charge is 2.07. The number of oxazole rings is 1. The number of aromatic nitrogens is 1. The number of amides is 1. The van der Waals surface area contributed by atoms with E-state index in [1.54, 1.807) is 0 Å². The summed E-state index contributed by atoms with van der Waals surface area (Å²) in [5.41, 5.74) is 1.44. The number of fused-ring (bicyclic) bond motifs is 1. The van der Waals surface area contributed by atoms with Crippen molar-refractivity contribution in [2.75, 3.05) is 6.61 Å². The Morgan fingerprint density at radius 1 is 1.53 bits per heavy atom. The minimum absolute atomic E-state index is 0.0705. The van der Waals surface area contributed by atoms with Gasteiger partial charge in [0.25, 0.3) is 0 Å². The number of carbonyl (C=O) groups excluding carboxylic acids is 1. The van der Waals surface area contributed by atoms with Crippen LogP contribution in [0.4, 0.5) is 0 Å². The normalized spacial score (nSPS) is 12.9. The summed E-state index contributed by atoms with van der Waals surface area (Å²) in [5.74, 6) is 0.108. The standard InChI is InChI=1S/C14H16N2O3/c1-2-10(9-17)15-13(18)7-8-14-16-11-5-3-4-6-12(11)19-14/h3-8,10,17H,2,9H2,1H3,(H,15,18)/b8-7+. The molecule has 0 fully saturated rings. The van der Waals surface area contributed by atoms with E-state index in [1.807, 2.05) is 31.2 Å². The molecule has 2 rings (SSSR count). The van der Waals surface area contributed by atoms with Gasteiger partial charge in [-0.15, -0.1) is 0 Å². The van der Waals surface area contributed by atoms with Crippen LogP contribution in [0.5, 0.6) is 0 Å². The second-order valence-electron chi connectivity index (χ2n) is 4.15. The lowest BCUT2D eigenvalue weighted by molar-refractivity contribution is -0.117. The number of aliphatic hydroxyl groups is 1. The van der Waals surface area contributed by atoms with Crippen molar-refractivity contribution in [1.82, 2.24) is 10.3 Å². The molecular formula is C14H16N2O3. The minimum Gasteiger partial charge on any atom is -0.437 e. The first-order valence-electron chi connectivity index (χ1n) is 6.18. The van der Waals surface area contributed by atoms with Gasteiger partial charge in [-0.3, -0.25) is 4.79 Å². The number of carbonyl (C=O) groups is 1. The fourth-order valence-electron chi connectivity index (χ4n) is 1.63. The van der Waals surface area contributed by atoms with E-state index in [0.29, 0.717) is 17.9 Å². The Bertz CT molecular complexity index is 552. The number of nitrogens with one attached hydrogen (secondary N) is 1. The minimum atomic E-state index is -0.275. The van der Waals surface area contributed by atoms with Crippen molar-refractivity contribution in [3.63, 3.8) is 0 Å². The van der Waals surface area contributed by atoms with Gasteiger partial charge in [-0.2, -0.15) is 0 Å². The van der Waals surface area contributed by atoms with Crippen LogP contribution < -0.4 is 5.32 Å². The highest BCUT2D eigenvalue weighted by atomic mass is 16.3. The lowest BCUT2D eigenvalue weighted by atomic mass is 10.2. The molecule has 0 aliphatic heterocycles. The molecule has 1 unspecified atom stereocenters. The van der Waals surface area contributed by atoms with Gasteiger partial charge in [0.15, 0.2) is 5.58 Å². The van der Waals surface area contributed by atoms with Gasteiger partial charge in [0, 0.05) is 12.2 Å². The van der Waals surface area contributed by atoms with Gasteiger partial charge in [-0.1, -0.05) is 19.1 Å². The van der Waals surface area contributed by atoms with E-state index in [9.17, 15) is 4.79 Å². The van der Waals surface area contributed by atoms with Crippen LogP contribution in [0, 0.1) is 0 Å². The smallest absolute Gasteiger partial charge is 0.244 e. The van der Waals surface area contributed by atoms with Crippen molar-refractivity contribution in [3.8, 4) is 0 Å². The SMILES string of the molecule is CCC(CO)NC(=O)/C=C/c1nc2ccccc2o1. The summed E-state index contributed by atoms with van der Waals surface area (Å²) in [7, 11) is 0. The molecule has 1 heterocycles. The largest absolute Gasteiger partial charge is 0.437 e. The zero-order chi connectivity index (χ0) is 13.7. The molecule has 0 saturated carbocycles. The molecule has 5 nitrogen and oxygen atoms in total. The Hall–Kier alpha value is -2.14. The van der Waals surface area contributed by atoms with E-state index in [2.05, 4.69) is 10.3 Å². The summed E-state index contributed by atoms with van der Waals surface area (Å²) in [5, 5.41) is 11.7. The third-order valence-corrected chi connectivity index (χ3v) is 2.75. The first kappa shape index (κ1) is 13.3. The number of hydrogen-bond acceptors (Lipinski definition) is 4. The molecule has 0 aliphatic carbocycles. The Balaban J connectivity index is 2.03. The van der Waals surface area contributed by atoms with E-state index in [0.717, 1.165) is 5.52 Å². The predicted molar refractivity (Wildman–Crippen MR) is 72.4 cm³/mol. The van der Waals surface area contributed by atoms with Gasteiger partial charge in [0.1, 0.15) is 5.52 Å². The van der Waals surface area contributed by atoms with Crippen LogP contribution in [0.1, 0.15) is 19.2 Å². The molecule has 2 N–H and O–H groups in total. The lowest BCUT2D eigenvalue weighted by Crippen LogP contribution is -2.35. The molecule has 0 bridgehead atoms. The average Bonchev–Trinajstić information content (AvgIpc) is 2.85. The quantitative estimate of drug-likeness (QED) is 0.803. The first-order valence-corrected chi connectivity index (χ1v) is 6.18. The predicted octanol–water partition coefficient (Wildman–Crippen LogP) is 1.73. The fraction of sp³-hybridized carbons (Fsp3) is 0.286. The Labute approximate surface area is 110 Å². The van der Waals surface area contributed by atoms with Gasteiger partial charge >= 0.3 is 0 Å². The molecule has 100 valence electrons. The maximum absolute atomic E-state index is 11.6. The second kappa shape index (κ2) is 6.15. The second-order valence-corrected chi connectivity index (χ2v) is 4.15. The van der Waals surface area contributed by atoms with Crippen LogP contribution in [0.3, 0.4) is 0 Å². The third kappa shape index (κ3) is 3.42. The van der Waals surface area contributed by atoms with Crippen molar-refractivity contribution >= 4 is 23.1 Å². The molecule has 1 aromatic carbocycles. The maximum atomic E-state index is 11.6. The first-order chi connectivity index (χ1) is 9.22. The molecule has 5 heteroatoms. The van der Waals surface area contributed by atoms with Gasteiger partial charge in [0.2, 0.25) is 11.8 Å². The molecule has 1 atom stereocenters. The van der Waals surface area contributed by atoms with Crippen LogP contribution in [-0.4, -0.2) is 28.6 Å². The molecular weight excluding hydrogens is 244 g/mol. The average molecular weight is 260 g/mol. The lowest BCUT2D eigenvalue weighted by Gasteiger charge is -2.11. The fourth-order valence-corrected chi connectivity index (χ4v) is 1.63. The monoisotopic (exact) mass is 260 g/mol. The van der Waals surface area contributed by atoms with Crippen LogP contribution in [-0.2, 0) is 4.79 Å². The number of benzene rings is 1.